The number of esters is 1. The van der Waals surface area contributed by atoms with E-state index < -0.39 is 48.6 Å². The van der Waals surface area contributed by atoms with Crippen molar-refractivity contribution in [3.8, 4) is 0 Å². The molecule has 0 aromatic heterocycles. The van der Waals surface area contributed by atoms with Gasteiger partial charge in [0.1, 0.15) is 12.2 Å². The average Bonchev–Trinajstić information content (AvgIpc) is 2.70. The zero-order valence-corrected chi connectivity index (χ0v) is 18.6. The number of amides is 2. The molecule has 9 heteroatoms. The Morgan fingerprint density at radius 3 is 2.13 bits per heavy atom. The average molecular weight is 437 g/mol. The number of ether oxygens (including phenoxy) is 3. The zero-order valence-electron chi connectivity index (χ0n) is 18.6. The predicted octanol–water partition coefficient (Wildman–Crippen LogP) is 3.43. The molecule has 9 nitrogen and oxygen atoms in total. The van der Waals surface area contributed by atoms with E-state index in [1.807, 2.05) is 0 Å². The van der Waals surface area contributed by atoms with Crippen LogP contribution < -0.4 is 5.43 Å². The van der Waals surface area contributed by atoms with Gasteiger partial charge in [0.15, 0.2) is 0 Å². The Kier molecular flexibility index (Phi) is 10.5. The summed E-state index contributed by atoms with van der Waals surface area (Å²) in [5.41, 5.74) is 2.61. The number of carbonyl (C=O) groups is 3. The van der Waals surface area contributed by atoms with E-state index >= 15 is 0 Å². The molecule has 1 aromatic carbocycles. The summed E-state index contributed by atoms with van der Waals surface area (Å²) in [5, 5.41) is 11.8. The Morgan fingerprint density at radius 1 is 1.06 bits per heavy atom. The van der Waals surface area contributed by atoms with Gasteiger partial charge in [0.05, 0.1) is 23.8 Å². The SMILES string of the molecule is C=C[C@H](OC(=O)c1ccccc1)[C@H](O)[C@@H](CC)N(NC(=O)OC(C)C)C(=O)OC(C)C. The molecule has 0 unspecified atom stereocenters. The highest BCUT2D eigenvalue weighted by Gasteiger charge is 2.37. The lowest BCUT2D eigenvalue weighted by Gasteiger charge is -2.35. The molecule has 1 aromatic rings. The molecule has 2 amide bonds. The van der Waals surface area contributed by atoms with E-state index in [0.717, 1.165) is 5.01 Å². The van der Waals surface area contributed by atoms with Gasteiger partial charge in [-0.2, -0.15) is 0 Å². The third-order valence-corrected chi connectivity index (χ3v) is 4.05. The summed E-state index contributed by atoms with van der Waals surface area (Å²) in [6.45, 7) is 11.9. The van der Waals surface area contributed by atoms with Crippen molar-refractivity contribution in [3.63, 3.8) is 0 Å². The lowest BCUT2D eigenvalue weighted by molar-refractivity contribution is -0.0497. The first-order chi connectivity index (χ1) is 14.6. The molecule has 31 heavy (non-hydrogen) atoms. The van der Waals surface area contributed by atoms with E-state index in [1.165, 1.54) is 6.08 Å². The second kappa shape index (κ2) is 12.6. The first kappa shape index (κ1) is 26.0. The van der Waals surface area contributed by atoms with Gasteiger partial charge >= 0.3 is 18.2 Å². The van der Waals surface area contributed by atoms with Gasteiger partial charge in [-0.05, 0) is 52.3 Å². The molecule has 0 bridgehead atoms. The summed E-state index contributed by atoms with van der Waals surface area (Å²) >= 11 is 0. The first-order valence-corrected chi connectivity index (χ1v) is 10.1. The Balaban J connectivity index is 3.08. The smallest absolute Gasteiger partial charge is 0.429 e. The maximum absolute atomic E-state index is 12.6. The minimum absolute atomic E-state index is 0.198. The van der Waals surface area contributed by atoms with Crippen molar-refractivity contribution in [1.29, 1.82) is 0 Å². The van der Waals surface area contributed by atoms with Crippen LogP contribution in [0.15, 0.2) is 43.0 Å². The number of carbonyl (C=O) groups excluding carboxylic acids is 3. The van der Waals surface area contributed by atoms with Crippen LogP contribution in [0, 0.1) is 0 Å². The third-order valence-electron chi connectivity index (χ3n) is 4.05. The zero-order chi connectivity index (χ0) is 23.6. The highest BCUT2D eigenvalue weighted by atomic mass is 16.6. The third kappa shape index (κ3) is 8.29. The number of nitrogens with one attached hydrogen (secondary N) is 1. The van der Waals surface area contributed by atoms with Crippen molar-refractivity contribution in [2.24, 2.45) is 0 Å². The fourth-order valence-corrected chi connectivity index (χ4v) is 2.68. The van der Waals surface area contributed by atoms with Crippen molar-refractivity contribution in [2.75, 3.05) is 0 Å². The number of hydrogen-bond acceptors (Lipinski definition) is 7. The van der Waals surface area contributed by atoms with Gasteiger partial charge in [0.2, 0.25) is 0 Å². The highest BCUT2D eigenvalue weighted by molar-refractivity contribution is 5.89. The second-order valence-electron chi connectivity index (χ2n) is 7.31. The van der Waals surface area contributed by atoms with Crippen LogP contribution in [0.2, 0.25) is 0 Å². The Hall–Kier alpha value is -3.07. The van der Waals surface area contributed by atoms with Crippen molar-refractivity contribution in [3.05, 3.63) is 48.6 Å². The van der Waals surface area contributed by atoms with Crippen LogP contribution >= 0.6 is 0 Å². The van der Waals surface area contributed by atoms with Crippen LogP contribution in [0.25, 0.3) is 0 Å². The van der Waals surface area contributed by atoms with E-state index in [1.54, 1.807) is 65.0 Å². The Labute approximate surface area is 182 Å². The summed E-state index contributed by atoms with van der Waals surface area (Å²) in [4.78, 5) is 37.2. The number of nitrogens with zero attached hydrogens (tertiary/aromatic N) is 1. The fraction of sp³-hybridized carbons (Fsp3) is 0.500. The monoisotopic (exact) mass is 436 g/mol. The molecule has 1 rings (SSSR count). The number of rotatable bonds is 9. The summed E-state index contributed by atoms with van der Waals surface area (Å²) in [5.74, 6) is -0.664. The number of hydrazine groups is 1. The Bertz CT molecular complexity index is 737. The summed E-state index contributed by atoms with van der Waals surface area (Å²) in [7, 11) is 0. The summed E-state index contributed by atoms with van der Waals surface area (Å²) in [6.07, 6.45) is -3.80. The largest absolute Gasteiger partial charge is 0.452 e. The van der Waals surface area contributed by atoms with Gasteiger partial charge in [-0.1, -0.05) is 31.7 Å². The van der Waals surface area contributed by atoms with Crippen LogP contribution in [-0.4, -0.2) is 58.7 Å². The molecule has 0 saturated heterocycles. The molecule has 0 fully saturated rings. The maximum Gasteiger partial charge on any atom is 0.429 e. The molecule has 172 valence electrons. The normalized spacial score (nSPS) is 13.7. The van der Waals surface area contributed by atoms with Crippen LogP contribution in [0.4, 0.5) is 9.59 Å². The minimum Gasteiger partial charge on any atom is -0.452 e. The highest BCUT2D eigenvalue weighted by Crippen LogP contribution is 2.17. The maximum atomic E-state index is 12.6. The molecule has 2 N–H and O–H groups in total. The number of hydrogen-bond donors (Lipinski definition) is 2. The van der Waals surface area contributed by atoms with Gasteiger partial charge < -0.3 is 19.3 Å². The molecule has 0 radical (unpaired) electrons. The van der Waals surface area contributed by atoms with Crippen LogP contribution in [0.1, 0.15) is 51.4 Å². The van der Waals surface area contributed by atoms with Gasteiger partial charge in [-0.3, -0.25) is 0 Å². The molecular weight excluding hydrogens is 404 g/mol. The van der Waals surface area contributed by atoms with E-state index in [9.17, 15) is 19.5 Å². The van der Waals surface area contributed by atoms with Crippen molar-refractivity contribution in [1.82, 2.24) is 10.4 Å². The first-order valence-electron chi connectivity index (χ1n) is 10.1. The quantitative estimate of drug-likeness (QED) is 0.264. The fourth-order valence-electron chi connectivity index (χ4n) is 2.68. The molecule has 0 heterocycles. The summed E-state index contributed by atoms with van der Waals surface area (Å²) in [6, 6.07) is 7.25. The minimum atomic E-state index is -1.41. The number of benzene rings is 1. The standard InChI is InChI=1S/C22H32N2O7/c1-7-17(24(22(28)30-15(5)6)23-21(27)29-14(3)4)19(25)18(8-2)31-20(26)16-12-10-9-11-13-16/h8-15,17-19,25H,2,7H2,1,3-6H3,(H,23,27)/t17-,18+,19-/m1/s1. The van der Waals surface area contributed by atoms with Crippen molar-refractivity contribution < 1.29 is 33.7 Å². The second-order valence-corrected chi connectivity index (χ2v) is 7.31. The molecule has 0 spiro atoms. The van der Waals surface area contributed by atoms with E-state index in [-0.39, 0.29) is 6.42 Å². The van der Waals surface area contributed by atoms with Crippen LogP contribution in [-0.2, 0) is 14.2 Å². The van der Waals surface area contributed by atoms with Gasteiger partial charge in [-0.15, -0.1) is 0 Å². The van der Waals surface area contributed by atoms with E-state index in [0.29, 0.717) is 5.56 Å². The van der Waals surface area contributed by atoms with Crippen LogP contribution in [0.5, 0.6) is 0 Å². The Morgan fingerprint density at radius 2 is 1.65 bits per heavy atom. The van der Waals surface area contributed by atoms with Crippen molar-refractivity contribution >= 4 is 18.2 Å². The van der Waals surface area contributed by atoms with Crippen LogP contribution in [0.3, 0.4) is 0 Å². The predicted molar refractivity (Wildman–Crippen MR) is 114 cm³/mol. The van der Waals surface area contributed by atoms with Gasteiger partial charge in [-0.25, -0.2) is 24.8 Å². The summed E-state index contributed by atoms with van der Waals surface area (Å²) < 4.78 is 15.6. The molecule has 0 saturated carbocycles. The molecule has 3 atom stereocenters. The number of aliphatic hydroxyl groups is 1. The lowest BCUT2D eigenvalue weighted by Crippen LogP contribution is -2.58. The van der Waals surface area contributed by atoms with Gasteiger partial charge in [0.25, 0.3) is 0 Å². The van der Waals surface area contributed by atoms with Gasteiger partial charge in [0, 0.05) is 0 Å². The van der Waals surface area contributed by atoms with E-state index in [2.05, 4.69) is 12.0 Å². The molecule has 0 aliphatic heterocycles. The number of aliphatic hydroxyl groups excluding tert-OH is 1. The molecule has 0 aliphatic rings. The van der Waals surface area contributed by atoms with E-state index in [4.69, 9.17) is 14.2 Å². The molecule has 0 aliphatic carbocycles. The molecular formula is C22H32N2O7. The lowest BCUT2D eigenvalue weighted by atomic mass is 10.0. The van der Waals surface area contributed by atoms with Crippen molar-refractivity contribution in [2.45, 2.75) is 71.5 Å². The topological polar surface area (TPSA) is 114 Å².